The van der Waals surface area contributed by atoms with Crippen molar-refractivity contribution in [1.82, 2.24) is 15.5 Å². The van der Waals surface area contributed by atoms with Crippen LogP contribution in [0.5, 0.6) is 17.2 Å². The highest BCUT2D eigenvalue weighted by Gasteiger charge is 2.17. The zero-order valence-corrected chi connectivity index (χ0v) is 14.5. The van der Waals surface area contributed by atoms with Gasteiger partial charge >= 0.3 is 0 Å². The van der Waals surface area contributed by atoms with Crippen molar-refractivity contribution < 1.29 is 23.4 Å². The maximum absolute atomic E-state index is 12.2. The molecule has 1 atom stereocenters. The number of ether oxygens (including phenoxy) is 3. The lowest BCUT2D eigenvalue weighted by Gasteiger charge is -2.15. The monoisotopic (exact) mass is 367 g/mol. The van der Waals surface area contributed by atoms with E-state index in [-0.39, 0.29) is 25.3 Å². The molecule has 3 aromatic rings. The molecule has 0 saturated heterocycles. The number of fused-ring (bicyclic) bond motifs is 1. The van der Waals surface area contributed by atoms with E-state index in [1.165, 1.54) is 6.39 Å². The normalized spacial score (nSPS) is 13.2. The molecule has 0 fully saturated rings. The highest BCUT2D eigenvalue weighted by atomic mass is 16.7. The Balaban J connectivity index is 1.30. The predicted molar refractivity (Wildman–Crippen MR) is 94.4 cm³/mol. The SMILES string of the molecule is CC(NC(=O)COc1ccc(-c2nnco2)cc1)c1ccc2c(c1)OCO2. The van der Waals surface area contributed by atoms with Crippen molar-refractivity contribution in [2.75, 3.05) is 13.4 Å². The van der Waals surface area contributed by atoms with E-state index >= 15 is 0 Å². The molecule has 0 saturated carbocycles. The van der Waals surface area contributed by atoms with Crippen molar-refractivity contribution in [3.63, 3.8) is 0 Å². The van der Waals surface area contributed by atoms with E-state index in [1.807, 2.05) is 25.1 Å². The molecule has 8 nitrogen and oxygen atoms in total. The van der Waals surface area contributed by atoms with Gasteiger partial charge in [0.05, 0.1) is 6.04 Å². The van der Waals surface area contributed by atoms with Gasteiger partial charge in [-0.1, -0.05) is 6.07 Å². The van der Waals surface area contributed by atoms with E-state index in [0.717, 1.165) is 11.1 Å². The fraction of sp³-hybridized carbons (Fsp3) is 0.211. The van der Waals surface area contributed by atoms with Gasteiger partial charge in [0.1, 0.15) is 5.75 Å². The summed E-state index contributed by atoms with van der Waals surface area (Å²) in [5, 5.41) is 10.4. The van der Waals surface area contributed by atoms with Gasteiger partial charge in [-0.25, -0.2) is 0 Å². The minimum absolute atomic E-state index is 0.0885. The first-order chi connectivity index (χ1) is 13.2. The van der Waals surface area contributed by atoms with Gasteiger partial charge in [0.25, 0.3) is 5.91 Å². The molecule has 0 spiro atoms. The highest BCUT2D eigenvalue weighted by Crippen LogP contribution is 2.34. The second-order valence-electron chi connectivity index (χ2n) is 5.96. The van der Waals surface area contributed by atoms with Gasteiger partial charge in [-0.2, -0.15) is 0 Å². The van der Waals surface area contributed by atoms with Crippen LogP contribution in [0.4, 0.5) is 0 Å². The maximum atomic E-state index is 12.2. The van der Waals surface area contributed by atoms with Gasteiger partial charge in [0.2, 0.25) is 19.1 Å². The second-order valence-corrected chi connectivity index (χ2v) is 5.96. The lowest BCUT2D eigenvalue weighted by molar-refractivity contribution is -0.123. The van der Waals surface area contributed by atoms with E-state index in [2.05, 4.69) is 15.5 Å². The van der Waals surface area contributed by atoms with Crippen molar-refractivity contribution >= 4 is 5.91 Å². The summed E-state index contributed by atoms with van der Waals surface area (Å²) < 4.78 is 21.3. The third-order valence-corrected chi connectivity index (χ3v) is 4.11. The molecule has 138 valence electrons. The molecule has 1 amide bonds. The summed E-state index contributed by atoms with van der Waals surface area (Å²) in [4.78, 5) is 12.2. The van der Waals surface area contributed by atoms with Crippen LogP contribution in [-0.2, 0) is 4.79 Å². The van der Waals surface area contributed by atoms with Gasteiger partial charge < -0.3 is 23.9 Å². The van der Waals surface area contributed by atoms with Crippen LogP contribution in [0.15, 0.2) is 53.3 Å². The third kappa shape index (κ3) is 3.84. The molecule has 4 rings (SSSR count). The highest BCUT2D eigenvalue weighted by molar-refractivity contribution is 5.78. The molecule has 1 unspecified atom stereocenters. The summed E-state index contributed by atoms with van der Waals surface area (Å²) in [6.07, 6.45) is 1.27. The quantitative estimate of drug-likeness (QED) is 0.715. The second kappa shape index (κ2) is 7.36. The van der Waals surface area contributed by atoms with Gasteiger partial charge in [0, 0.05) is 5.56 Å². The molecule has 8 heteroatoms. The average molecular weight is 367 g/mol. The Morgan fingerprint density at radius 2 is 2.00 bits per heavy atom. The molecule has 1 aliphatic rings. The molecule has 2 aromatic carbocycles. The molecule has 1 aromatic heterocycles. The van der Waals surface area contributed by atoms with Crippen LogP contribution in [0.3, 0.4) is 0 Å². The Labute approximate surface area is 155 Å². The Bertz CT molecular complexity index is 925. The van der Waals surface area contributed by atoms with Crippen molar-refractivity contribution in [1.29, 1.82) is 0 Å². The first-order valence-corrected chi connectivity index (χ1v) is 8.37. The van der Waals surface area contributed by atoms with Gasteiger partial charge in [-0.05, 0) is 48.9 Å². The molecular formula is C19H17N3O5. The van der Waals surface area contributed by atoms with Crippen LogP contribution < -0.4 is 19.5 Å². The summed E-state index contributed by atoms with van der Waals surface area (Å²) in [6, 6.07) is 12.5. The Morgan fingerprint density at radius 3 is 2.78 bits per heavy atom. The van der Waals surface area contributed by atoms with E-state index in [9.17, 15) is 4.79 Å². The largest absolute Gasteiger partial charge is 0.484 e. The molecule has 0 radical (unpaired) electrons. The fourth-order valence-electron chi connectivity index (χ4n) is 2.69. The Kier molecular flexibility index (Phi) is 4.61. The molecular weight excluding hydrogens is 350 g/mol. The third-order valence-electron chi connectivity index (χ3n) is 4.11. The molecule has 0 aliphatic carbocycles. The number of carbonyl (C=O) groups is 1. The molecule has 1 N–H and O–H groups in total. The Morgan fingerprint density at radius 1 is 1.19 bits per heavy atom. The van der Waals surface area contributed by atoms with Crippen LogP contribution in [-0.4, -0.2) is 29.5 Å². The van der Waals surface area contributed by atoms with E-state index in [1.54, 1.807) is 24.3 Å². The maximum Gasteiger partial charge on any atom is 0.258 e. The average Bonchev–Trinajstić information content (AvgIpc) is 3.38. The van der Waals surface area contributed by atoms with Crippen LogP contribution in [0.1, 0.15) is 18.5 Å². The zero-order valence-electron chi connectivity index (χ0n) is 14.5. The minimum Gasteiger partial charge on any atom is -0.484 e. The number of amides is 1. The van der Waals surface area contributed by atoms with Crippen LogP contribution in [0.2, 0.25) is 0 Å². The first-order valence-electron chi connectivity index (χ1n) is 8.37. The van der Waals surface area contributed by atoms with E-state index in [4.69, 9.17) is 18.6 Å². The summed E-state index contributed by atoms with van der Waals surface area (Å²) >= 11 is 0. The molecule has 0 bridgehead atoms. The summed E-state index contributed by atoms with van der Waals surface area (Å²) in [5.41, 5.74) is 1.71. The topological polar surface area (TPSA) is 95.7 Å². The van der Waals surface area contributed by atoms with Gasteiger partial charge in [-0.3, -0.25) is 4.79 Å². The van der Waals surface area contributed by atoms with E-state index in [0.29, 0.717) is 23.1 Å². The number of benzene rings is 2. The van der Waals surface area contributed by atoms with Crippen molar-refractivity contribution in [2.45, 2.75) is 13.0 Å². The van der Waals surface area contributed by atoms with Crippen LogP contribution in [0.25, 0.3) is 11.5 Å². The number of rotatable bonds is 6. The summed E-state index contributed by atoms with van der Waals surface area (Å²) in [5.74, 6) is 2.18. The number of hydrogen-bond donors (Lipinski definition) is 1. The van der Waals surface area contributed by atoms with Gasteiger partial charge in [-0.15, -0.1) is 10.2 Å². The summed E-state index contributed by atoms with van der Waals surface area (Å²) in [6.45, 7) is 2.03. The number of nitrogens with zero attached hydrogens (tertiary/aromatic N) is 2. The summed E-state index contributed by atoms with van der Waals surface area (Å²) in [7, 11) is 0. The minimum atomic E-state index is -0.221. The van der Waals surface area contributed by atoms with Gasteiger partial charge in [0.15, 0.2) is 18.1 Å². The number of hydrogen-bond acceptors (Lipinski definition) is 7. The van der Waals surface area contributed by atoms with Crippen LogP contribution in [0, 0.1) is 0 Å². The number of aromatic nitrogens is 2. The molecule has 2 heterocycles. The number of carbonyl (C=O) groups excluding carboxylic acids is 1. The molecule has 27 heavy (non-hydrogen) atoms. The Hall–Kier alpha value is -3.55. The molecule has 1 aliphatic heterocycles. The smallest absolute Gasteiger partial charge is 0.258 e. The van der Waals surface area contributed by atoms with Crippen molar-refractivity contribution in [3.8, 4) is 28.7 Å². The first kappa shape index (κ1) is 16.9. The number of nitrogens with one attached hydrogen (secondary N) is 1. The van der Waals surface area contributed by atoms with Crippen molar-refractivity contribution in [2.24, 2.45) is 0 Å². The standard InChI is InChI=1S/C19H17N3O5/c1-12(14-4-7-16-17(8-14)27-11-26-16)21-18(23)9-24-15-5-2-13(3-6-15)19-22-20-10-25-19/h2-8,10,12H,9,11H2,1H3,(H,21,23). The van der Waals surface area contributed by atoms with E-state index < -0.39 is 0 Å². The lowest BCUT2D eigenvalue weighted by Crippen LogP contribution is -2.31. The predicted octanol–water partition coefficient (Wildman–Crippen LogP) is 2.72. The fourth-order valence-corrected chi connectivity index (χ4v) is 2.69. The van der Waals surface area contributed by atoms with Crippen molar-refractivity contribution in [3.05, 3.63) is 54.4 Å². The van der Waals surface area contributed by atoms with Crippen LogP contribution >= 0.6 is 0 Å². The lowest BCUT2D eigenvalue weighted by atomic mass is 10.1. The zero-order chi connectivity index (χ0) is 18.6.